The Morgan fingerprint density at radius 2 is 2.10 bits per heavy atom. The quantitative estimate of drug-likeness (QED) is 0.917. The zero-order valence-corrected chi connectivity index (χ0v) is 13.1. The van der Waals surface area contributed by atoms with Crippen LogP contribution in [0.5, 0.6) is 0 Å². The number of aryl methyl sites for hydroxylation is 1. The molecule has 2 rings (SSSR count). The Morgan fingerprint density at radius 1 is 1.45 bits per heavy atom. The lowest BCUT2D eigenvalue weighted by atomic mass is 9.89. The fraction of sp³-hybridized carbons (Fsp3) is 0.733. The molecule has 1 N–H and O–H groups in total. The summed E-state index contributed by atoms with van der Waals surface area (Å²) >= 11 is 0. The van der Waals surface area contributed by atoms with E-state index in [4.69, 9.17) is 0 Å². The number of carboxylic acid groups (broad SMARTS) is 1. The van der Waals surface area contributed by atoms with Crippen molar-refractivity contribution in [3.63, 3.8) is 0 Å². The Labute approximate surface area is 120 Å². The highest BCUT2D eigenvalue weighted by atomic mass is 16.4. The molecule has 112 valence electrons. The van der Waals surface area contributed by atoms with Crippen molar-refractivity contribution in [2.75, 3.05) is 13.1 Å². The van der Waals surface area contributed by atoms with Gasteiger partial charge in [0.1, 0.15) is 0 Å². The van der Waals surface area contributed by atoms with Crippen molar-refractivity contribution >= 4 is 5.97 Å². The smallest absolute Gasteiger partial charge is 0.308 e. The number of nitrogens with zero attached hydrogens (tertiary/aromatic N) is 3. The number of hydrogen-bond donors (Lipinski definition) is 1. The van der Waals surface area contributed by atoms with Crippen LogP contribution in [0.2, 0.25) is 0 Å². The van der Waals surface area contributed by atoms with E-state index in [9.17, 15) is 9.90 Å². The molecule has 0 spiro atoms. The van der Waals surface area contributed by atoms with E-state index in [0.717, 1.165) is 18.8 Å². The first-order valence-corrected chi connectivity index (χ1v) is 7.16. The molecule has 1 aliphatic heterocycles. The molecule has 5 heteroatoms. The van der Waals surface area contributed by atoms with Gasteiger partial charge in [0.2, 0.25) is 0 Å². The van der Waals surface area contributed by atoms with Crippen molar-refractivity contribution in [2.45, 2.75) is 39.7 Å². The number of carbonyl (C=O) groups is 1. The lowest BCUT2D eigenvalue weighted by molar-refractivity contribution is -0.142. The highest BCUT2D eigenvalue weighted by Crippen LogP contribution is 2.28. The second kappa shape index (κ2) is 5.20. The van der Waals surface area contributed by atoms with Gasteiger partial charge in [-0.25, -0.2) is 0 Å². The van der Waals surface area contributed by atoms with Gasteiger partial charge in [0.15, 0.2) is 0 Å². The van der Waals surface area contributed by atoms with E-state index in [1.165, 1.54) is 5.56 Å². The van der Waals surface area contributed by atoms with Crippen LogP contribution < -0.4 is 0 Å². The van der Waals surface area contributed by atoms with Gasteiger partial charge in [-0.05, 0) is 5.92 Å². The first-order chi connectivity index (χ1) is 9.18. The van der Waals surface area contributed by atoms with Gasteiger partial charge in [0.05, 0.1) is 11.6 Å². The first kappa shape index (κ1) is 15.0. The van der Waals surface area contributed by atoms with Gasteiger partial charge in [-0.3, -0.25) is 14.4 Å². The van der Waals surface area contributed by atoms with Gasteiger partial charge in [-0.1, -0.05) is 27.7 Å². The number of carboxylic acids is 1. The SMILES string of the molecule is C[C@@H]1CN(Cc2cn(C)nc2C(C)(C)C)C[C@H]1C(=O)O. The molecular weight excluding hydrogens is 254 g/mol. The summed E-state index contributed by atoms with van der Waals surface area (Å²) in [7, 11) is 1.94. The minimum Gasteiger partial charge on any atom is -0.481 e. The lowest BCUT2D eigenvalue weighted by Crippen LogP contribution is -2.24. The van der Waals surface area contributed by atoms with E-state index in [0.29, 0.717) is 6.54 Å². The Morgan fingerprint density at radius 3 is 2.60 bits per heavy atom. The zero-order chi connectivity index (χ0) is 15.1. The van der Waals surface area contributed by atoms with E-state index in [2.05, 4.69) is 37.0 Å². The molecule has 0 aromatic carbocycles. The summed E-state index contributed by atoms with van der Waals surface area (Å²) in [5, 5.41) is 13.8. The highest BCUT2D eigenvalue weighted by molar-refractivity contribution is 5.71. The maximum Gasteiger partial charge on any atom is 0.308 e. The largest absolute Gasteiger partial charge is 0.481 e. The van der Waals surface area contributed by atoms with E-state index in [1.807, 2.05) is 18.7 Å². The molecule has 2 heterocycles. The zero-order valence-electron chi connectivity index (χ0n) is 13.1. The second-order valence-corrected chi connectivity index (χ2v) is 7.04. The monoisotopic (exact) mass is 279 g/mol. The summed E-state index contributed by atoms with van der Waals surface area (Å²) in [5.41, 5.74) is 2.32. The van der Waals surface area contributed by atoms with Crippen molar-refractivity contribution < 1.29 is 9.90 Å². The predicted molar refractivity (Wildman–Crippen MR) is 77.5 cm³/mol. The predicted octanol–water partition coefficient (Wildman–Crippen LogP) is 1.87. The minimum atomic E-state index is -0.678. The first-order valence-electron chi connectivity index (χ1n) is 7.16. The average molecular weight is 279 g/mol. The van der Waals surface area contributed by atoms with Gasteiger partial charge in [0.25, 0.3) is 0 Å². The maximum absolute atomic E-state index is 11.2. The van der Waals surface area contributed by atoms with Crippen LogP contribution in [-0.4, -0.2) is 38.8 Å². The number of aromatic nitrogens is 2. The van der Waals surface area contributed by atoms with Crippen LogP contribution in [0.1, 0.15) is 39.0 Å². The molecule has 0 amide bonds. The number of rotatable bonds is 3. The molecule has 1 aromatic rings. The average Bonchev–Trinajstić information content (AvgIpc) is 2.82. The molecule has 1 fully saturated rings. The van der Waals surface area contributed by atoms with Crippen molar-refractivity contribution in [3.8, 4) is 0 Å². The van der Waals surface area contributed by atoms with Crippen molar-refractivity contribution in [1.29, 1.82) is 0 Å². The molecule has 0 bridgehead atoms. The summed E-state index contributed by atoms with van der Waals surface area (Å²) in [6, 6.07) is 0. The molecule has 2 atom stereocenters. The Kier molecular flexibility index (Phi) is 3.91. The molecule has 0 saturated carbocycles. The normalized spacial score (nSPS) is 24.2. The molecule has 0 aliphatic carbocycles. The van der Waals surface area contributed by atoms with E-state index >= 15 is 0 Å². The topological polar surface area (TPSA) is 58.4 Å². The van der Waals surface area contributed by atoms with Crippen LogP contribution in [0.4, 0.5) is 0 Å². The molecule has 5 nitrogen and oxygen atoms in total. The van der Waals surface area contributed by atoms with Crippen LogP contribution in [0, 0.1) is 11.8 Å². The van der Waals surface area contributed by atoms with Crippen molar-refractivity contribution in [1.82, 2.24) is 14.7 Å². The fourth-order valence-electron chi connectivity index (χ4n) is 3.04. The third-order valence-electron chi connectivity index (χ3n) is 4.01. The molecule has 0 radical (unpaired) electrons. The Bertz CT molecular complexity index is 502. The number of aliphatic carboxylic acids is 1. The second-order valence-electron chi connectivity index (χ2n) is 7.04. The third-order valence-corrected chi connectivity index (χ3v) is 4.01. The number of likely N-dealkylation sites (tertiary alicyclic amines) is 1. The summed E-state index contributed by atoms with van der Waals surface area (Å²) in [4.78, 5) is 13.4. The van der Waals surface area contributed by atoms with Crippen LogP contribution in [0.25, 0.3) is 0 Å². The summed E-state index contributed by atoms with van der Waals surface area (Å²) in [6.07, 6.45) is 2.05. The molecule has 1 aromatic heterocycles. The lowest BCUT2D eigenvalue weighted by Gasteiger charge is -2.20. The van der Waals surface area contributed by atoms with E-state index in [1.54, 1.807) is 0 Å². The molecule has 1 saturated heterocycles. The van der Waals surface area contributed by atoms with Crippen LogP contribution in [0.15, 0.2) is 6.20 Å². The van der Waals surface area contributed by atoms with Gasteiger partial charge >= 0.3 is 5.97 Å². The third kappa shape index (κ3) is 3.03. The summed E-state index contributed by atoms with van der Waals surface area (Å²) in [6.45, 7) is 10.8. The van der Waals surface area contributed by atoms with Gasteiger partial charge in [0, 0.05) is 43.9 Å². The van der Waals surface area contributed by atoms with Gasteiger partial charge in [-0.15, -0.1) is 0 Å². The molecular formula is C15H25N3O2. The van der Waals surface area contributed by atoms with Crippen LogP contribution >= 0.6 is 0 Å². The van der Waals surface area contributed by atoms with E-state index < -0.39 is 5.97 Å². The Balaban J connectivity index is 2.14. The molecule has 0 unspecified atom stereocenters. The fourth-order valence-corrected chi connectivity index (χ4v) is 3.04. The standard InChI is InChI=1S/C15H25N3O2/c1-10-6-18(9-12(10)14(19)20)8-11-7-17(5)16-13(11)15(2,3)4/h7,10,12H,6,8-9H2,1-5H3,(H,19,20)/t10-,12-/m1/s1. The van der Waals surface area contributed by atoms with Gasteiger partial charge < -0.3 is 5.11 Å². The van der Waals surface area contributed by atoms with Crippen molar-refractivity contribution in [3.05, 3.63) is 17.5 Å². The van der Waals surface area contributed by atoms with Gasteiger partial charge in [-0.2, -0.15) is 5.10 Å². The van der Waals surface area contributed by atoms with Crippen LogP contribution in [0.3, 0.4) is 0 Å². The number of hydrogen-bond acceptors (Lipinski definition) is 3. The van der Waals surface area contributed by atoms with Crippen molar-refractivity contribution in [2.24, 2.45) is 18.9 Å². The molecule has 1 aliphatic rings. The highest BCUT2D eigenvalue weighted by Gasteiger charge is 2.35. The molecule has 20 heavy (non-hydrogen) atoms. The summed E-state index contributed by atoms with van der Waals surface area (Å²) < 4.78 is 1.85. The maximum atomic E-state index is 11.2. The minimum absolute atomic E-state index is 0.00807. The summed E-state index contributed by atoms with van der Waals surface area (Å²) in [5.74, 6) is -0.714. The van der Waals surface area contributed by atoms with Crippen LogP contribution in [-0.2, 0) is 23.8 Å². The Hall–Kier alpha value is -1.36. The van der Waals surface area contributed by atoms with E-state index in [-0.39, 0.29) is 17.3 Å².